The van der Waals surface area contributed by atoms with Crippen LogP contribution in [0, 0.1) is 0 Å². The number of para-hydroxylation sites is 4. The molecule has 11 aromatic rings. The molecule has 11 rings (SSSR count). The standard InChI is InChI=1S/C44H25N3O2/c1-2-12-26(13-3-1)41-30-16-4-8-18-35(30)45-44(46-41)47-36-19-9-5-17-31(36)40-42(47)32(25-34-29-15-7-11-21-38(29)49-43(34)40)27-22-23-39-33(24-27)28-14-6-10-20-37(28)48-39/h1-25H. The lowest BCUT2D eigenvalue weighted by Crippen LogP contribution is -2.04. The van der Waals surface area contributed by atoms with Crippen LogP contribution in [0.25, 0.3) is 105 Å². The minimum atomic E-state index is 0.607. The van der Waals surface area contributed by atoms with Crippen LogP contribution in [0.15, 0.2) is 160 Å². The normalized spacial score (nSPS) is 12.1. The first-order valence-corrected chi connectivity index (χ1v) is 16.4. The van der Waals surface area contributed by atoms with Crippen LogP contribution in [0.1, 0.15) is 0 Å². The summed E-state index contributed by atoms with van der Waals surface area (Å²) >= 11 is 0. The Morgan fingerprint density at radius 3 is 1.94 bits per heavy atom. The average molecular weight is 628 g/mol. The number of nitrogens with zero attached hydrogens (tertiary/aromatic N) is 3. The fourth-order valence-electron chi connectivity index (χ4n) is 7.63. The van der Waals surface area contributed by atoms with Crippen molar-refractivity contribution in [2.45, 2.75) is 0 Å². The summed E-state index contributed by atoms with van der Waals surface area (Å²) in [6.45, 7) is 0. The summed E-state index contributed by atoms with van der Waals surface area (Å²) in [7, 11) is 0. The van der Waals surface area contributed by atoms with Gasteiger partial charge >= 0.3 is 0 Å². The molecule has 4 heterocycles. The highest BCUT2D eigenvalue weighted by Crippen LogP contribution is 2.46. The van der Waals surface area contributed by atoms with Crippen molar-refractivity contribution in [3.05, 3.63) is 152 Å². The van der Waals surface area contributed by atoms with Crippen molar-refractivity contribution >= 4 is 76.6 Å². The van der Waals surface area contributed by atoms with Crippen molar-refractivity contribution in [2.75, 3.05) is 0 Å². The van der Waals surface area contributed by atoms with Crippen LogP contribution in [0.3, 0.4) is 0 Å². The van der Waals surface area contributed by atoms with E-state index in [1.165, 1.54) is 0 Å². The van der Waals surface area contributed by atoms with Crippen LogP contribution in [-0.4, -0.2) is 14.5 Å². The predicted octanol–water partition coefficient (Wildman–Crippen LogP) is 11.9. The van der Waals surface area contributed by atoms with E-state index >= 15 is 0 Å². The summed E-state index contributed by atoms with van der Waals surface area (Å²) < 4.78 is 15.2. The summed E-state index contributed by atoms with van der Waals surface area (Å²) in [5.41, 5.74) is 10.4. The Bertz CT molecular complexity index is 3110. The highest BCUT2D eigenvalue weighted by atomic mass is 16.3. The van der Waals surface area contributed by atoms with Crippen molar-refractivity contribution in [1.29, 1.82) is 0 Å². The van der Waals surface area contributed by atoms with E-state index in [0.717, 1.165) is 99.0 Å². The summed E-state index contributed by atoms with van der Waals surface area (Å²) in [5, 5.41) is 7.45. The highest BCUT2D eigenvalue weighted by molar-refractivity contribution is 6.27. The molecule has 0 amide bonds. The molecule has 0 bridgehead atoms. The number of furan rings is 2. The van der Waals surface area contributed by atoms with Crippen molar-refractivity contribution in [3.8, 4) is 28.3 Å². The Balaban J connectivity index is 1.33. The van der Waals surface area contributed by atoms with E-state index in [0.29, 0.717) is 5.95 Å². The second kappa shape index (κ2) is 9.89. The lowest BCUT2D eigenvalue weighted by atomic mass is 9.97. The van der Waals surface area contributed by atoms with Crippen molar-refractivity contribution in [3.63, 3.8) is 0 Å². The Morgan fingerprint density at radius 2 is 1.10 bits per heavy atom. The first-order valence-electron chi connectivity index (χ1n) is 16.4. The lowest BCUT2D eigenvalue weighted by molar-refractivity contribution is 0.669. The maximum atomic E-state index is 6.72. The molecule has 0 aliphatic rings. The lowest BCUT2D eigenvalue weighted by Gasteiger charge is -2.14. The maximum Gasteiger partial charge on any atom is 0.235 e. The van der Waals surface area contributed by atoms with Gasteiger partial charge in [0.15, 0.2) is 0 Å². The summed E-state index contributed by atoms with van der Waals surface area (Å²) in [6.07, 6.45) is 0. The highest BCUT2D eigenvalue weighted by Gasteiger charge is 2.25. The quantitative estimate of drug-likeness (QED) is 0.196. The van der Waals surface area contributed by atoms with E-state index in [1.807, 2.05) is 42.5 Å². The molecule has 0 atom stereocenters. The molecule has 49 heavy (non-hydrogen) atoms. The topological polar surface area (TPSA) is 57.0 Å². The molecule has 7 aromatic carbocycles. The van der Waals surface area contributed by atoms with Gasteiger partial charge in [0.05, 0.1) is 27.6 Å². The maximum absolute atomic E-state index is 6.72. The van der Waals surface area contributed by atoms with E-state index in [9.17, 15) is 0 Å². The van der Waals surface area contributed by atoms with Gasteiger partial charge in [-0.1, -0.05) is 109 Å². The third-order valence-electron chi connectivity index (χ3n) is 9.81. The number of hydrogen-bond acceptors (Lipinski definition) is 4. The number of aromatic nitrogens is 3. The Labute approximate surface area is 279 Å². The first-order chi connectivity index (χ1) is 24.3. The Morgan fingerprint density at radius 1 is 0.449 bits per heavy atom. The molecule has 0 aliphatic heterocycles. The van der Waals surface area contributed by atoms with Crippen LogP contribution in [0.4, 0.5) is 0 Å². The molecule has 0 spiro atoms. The molecule has 0 unspecified atom stereocenters. The van der Waals surface area contributed by atoms with Gasteiger partial charge in [-0.05, 0) is 48.0 Å². The van der Waals surface area contributed by atoms with Gasteiger partial charge in [0.2, 0.25) is 5.95 Å². The zero-order chi connectivity index (χ0) is 32.1. The molecule has 228 valence electrons. The van der Waals surface area contributed by atoms with E-state index in [1.54, 1.807) is 0 Å². The van der Waals surface area contributed by atoms with Crippen molar-refractivity contribution in [1.82, 2.24) is 14.5 Å². The van der Waals surface area contributed by atoms with E-state index in [-0.39, 0.29) is 0 Å². The van der Waals surface area contributed by atoms with Crippen LogP contribution >= 0.6 is 0 Å². The zero-order valence-electron chi connectivity index (χ0n) is 26.1. The summed E-state index contributed by atoms with van der Waals surface area (Å²) in [4.78, 5) is 10.6. The Hall–Kier alpha value is -6.72. The fourth-order valence-corrected chi connectivity index (χ4v) is 7.63. The van der Waals surface area contributed by atoms with Gasteiger partial charge in [0, 0.05) is 43.4 Å². The third kappa shape index (κ3) is 3.75. The molecule has 0 saturated carbocycles. The van der Waals surface area contributed by atoms with E-state index < -0.39 is 0 Å². The van der Waals surface area contributed by atoms with Crippen LogP contribution in [0.5, 0.6) is 0 Å². The van der Waals surface area contributed by atoms with E-state index in [4.69, 9.17) is 18.8 Å². The average Bonchev–Trinajstić information content (AvgIpc) is 3.84. The number of hydrogen-bond donors (Lipinski definition) is 0. The molecular weight excluding hydrogens is 603 g/mol. The molecule has 0 aliphatic carbocycles. The van der Waals surface area contributed by atoms with Gasteiger partial charge in [0.1, 0.15) is 22.3 Å². The molecule has 5 heteroatoms. The van der Waals surface area contributed by atoms with Crippen LogP contribution < -0.4 is 0 Å². The summed E-state index contributed by atoms with van der Waals surface area (Å²) in [5.74, 6) is 0.607. The molecule has 0 saturated heterocycles. The van der Waals surface area contributed by atoms with E-state index in [2.05, 4.69) is 114 Å². The van der Waals surface area contributed by atoms with Gasteiger partial charge in [-0.25, -0.2) is 9.97 Å². The van der Waals surface area contributed by atoms with Gasteiger partial charge in [0.25, 0.3) is 0 Å². The second-order valence-electron chi connectivity index (χ2n) is 12.5. The number of fused-ring (bicyclic) bond motifs is 11. The predicted molar refractivity (Wildman–Crippen MR) is 199 cm³/mol. The smallest absolute Gasteiger partial charge is 0.235 e. The molecule has 0 fully saturated rings. The Kier molecular flexibility index (Phi) is 5.32. The largest absolute Gasteiger partial charge is 0.456 e. The van der Waals surface area contributed by atoms with Gasteiger partial charge in [-0.2, -0.15) is 0 Å². The molecule has 0 N–H and O–H groups in total. The van der Waals surface area contributed by atoms with Crippen molar-refractivity contribution < 1.29 is 8.83 Å². The molecular formula is C44H25N3O2. The van der Waals surface area contributed by atoms with Crippen LogP contribution in [0.2, 0.25) is 0 Å². The van der Waals surface area contributed by atoms with Gasteiger partial charge in [-0.3, -0.25) is 4.57 Å². The monoisotopic (exact) mass is 627 g/mol. The number of benzene rings is 7. The minimum absolute atomic E-state index is 0.607. The summed E-state index contributed by atoms with van der Waals surface area (Å²) in [6, 6.07) is 52.4. The van der Waals surface area contributed by atoms with Gasteiger partial charge < -0.3 is 8.83 Å². The van der Waals surface area contributed by atoms with Crippen molar-refractivity contribution in [2.24, 2.45) is 0 Å². The third-order valence-corrected chi connectivity index (χ3v) is 9.81. The SMILES string of the molecule is c1ccc(-c2nc(-n3c4ccccc4c4c5oc6ccccc6c5cc(-c5ccc6oc7ccccc7c6c5)c43)nc3ccccc23)cc1. The minimum Gasteiger partial charge on any atom is -0.456 e. The first kappa shape index (κ1) is 26.4. The molecule has 0 radical (unpaired) electrons. The zero-order valence-corrected chi connectivity index (χ0v) is 26.1. The number of rotatable bonds is 3. The second-order valence-corrected chi connectivity index (χ2v) is 12.5. The molecule has 4 aromatic heterocycles. The van der Waals surface area contributed by atoms with Gasteiger partial charge in [-0.15, -0.1) is 0 Å². The molecule has 5 nitrogen and oxygen atoms in total. The fraction of sp³-hybridized carbons (Fsp3) is 0. The van der Waals surface area contributed by atoms with Crippen LogP contribution in [-0.2, 0) is 0 Å².